The number of hydrogen-bond donors (Lipinski definition) is 4. The number of amides is 3. The number of hydrogen-bond acceptors (Lipinski definition) is 9. The van der Waals surface area contributed by atoms with E-state index >= 15 is 0 Å². The van der Waals surface area contributed by atoms with Gasteiger partial charge in [0.05, 0.1) is 27.9 Å². The zero-order chi connectivity index (χ0) is 43.7. The maximum atomic E-state index is 14.5. The van der Waals surface area contributed by atoms with Crippen molar-refractivity contribution >= 4 is 46.9 Å². The molecule has 2 aromatic carbocycles. The number of nitrogens with one attached hydrogen (secondary N) is 2. The highest BCUT2D eigenvalue weighted by Gasteiger charge is 2.61. The number of halogens is 2. The molecule has 2 aromatic rings. The molecule has 0 saturated carbocycles. The lowest BCUT2D eigenvalue weighted by atomic mass is 9.83. The van der Waals surface area contributed by atoms with E-state index in [1.54, 1.807) is 50.5 Å². The minimum Gasteiger partial charge on any atom is -0.505 e. The van der Waals surface area contributed by atoms with Crippen LogP contribution in [0.2, 0.25) is 10.0 Å². The van der Waals surface area contributed by atoms with Gasteiger partial charge in [0.15, 0.2) is 16.9 Å². The minimum atomic E-state index is -2.05. The first-order valence-corrected chi connectivity index (χ1v) is 20.0. The van der Waals surface area contributed by atoms with E-state index in [9.17, 15) is 29.4 Å². The van der Waals surface area contributed by atoms with Gasteiger partial charge in [-0.1, -0.05) is 98.6 Å². The van der Waals surface area contributed by atoms with Crippen LogP contribution in [0.5, 0.6) is 5.75 Å². The van der Waals surface area contributed by atoms with Crippen molar-refractivity contribution in [3.05, 3.63) is 101 Å². The van der Waals surface area contributed by atoms with Crippen LogP contribution in [-0.2, 0) is 39.8 Å². The van der Waals surface area contributed by atoms with E-state index in [1.807, 2.05) is 32.9 Å². The average Bonchev–Trinajstić information content (AvgIpc) is 3.84. The topological polar surface area (TPSA) is 167 Å². The summed E-state index contributed by atoms with van der Waals surface area (Å²) in [5.74, 6) is -3.65. The third-order valence-corrected chi connectivity index (χ3v) is 11.7. The zero-order valence-electron chi connectivity index (χ0n) is 34.9. The van der Waals surface area contributed by atoms with Crippen molar-refractivity contribution in [2.75, 3.05) is 14.2 Å². The van der Waals surface area contributed by atoms with Gasteiger partial charge in [0.25, 0.3) is 5.91 Å². The maximum absolute atomic E-state index is 14.5. The lowest BCUT2D eigenvalue weighted by Gasteiger charge is -2.40. The molecule has 0 spiro atoms. The first-order chi connectivity index (χ1) is 27.1. The number of epoxide rings is 1. The van der Waals surface area contributed by atoms with Gasteiger partial charge < -0.3 is 40.0 Å². The van der Waals surface area contributed by atoms with Crippen molar-refractivity contribution in [3.8, 4) is 5.75 Å². The number of allylic oxidation sites excluding steroid dienone is 2. The Labute approximate surface area is 352 Å². The molecule has 318 valence electrons. The van der Waals surface area contributed by atoms with Crippen LogP contribution in [0.1, 0.15) is 85.0 Å². The maximum Gasteiger partial charge on any atom is 0.335 e. The molecule has 1 aliphatic heterocycles. The summed E-state index contributed by atoms with van der Waals surface area (Å²) in [6, 6.07) is 9.26. The van der Waals surface area contributed by atoms with Crippen molar-refractivity contribution in [2.24, 2.45) is 5.92 Å². The molecule has 1 saturated heterocycles. The highest BCUT2D eigenvalue weighted by molar-refractivity contribution is 6.37. The van der Waals surface area contributed by atoms with Crippen LogP contribution in [0.3, 0.4) is 0 Å². The summed E-state index contributed by atoms with van der Waals surface area (Å²) in [7, 11) is 3.09. The summed E-state index contributed by atoms with van der Waals surface area (Å²) in [6.45, 7) is 18.8. The van der Waals surface area contributed by atoms with Crippen LogP contribution in [0.15, 0.2) is 79.4 Å². The van der Waals surface area contributed by atoms with E-state index in [1.165, 1.54) is 44.9 Å². The van der Waals surface area contributed by atoms with Gasteiger partial charge in [-0.05, 0) is 69.4 Å². The Morgan fingerprint density at radius 3 is 2.21 bits per heavy atom. The Morgan fingerprint density at radius 2 is 1.69 bits per heavy atom. The normalized spacial score (nSPS) is 20.3. The van der Waals surface area contributed by atoms with Crippen LogP contribution in [-0.4, -0.2) is 94.0 Å². The molecule has 12 nitrogen and oxygen atoms in total. The number of esters is 1. The molecule has 58 heavy (non-hydrogen) atoms. The second-order valence-electron chi connectivity index (χ2n) is 15.7. The molecule has 4 unspecified atom stereocenters. The number of likely N-dealkylation sites (N-methyl/N-ethyl adjacent to an activating group) is 1. The van der Waals surface area contributed by atoms with Crippen molar-refractivity contribution in [3.63, 3.8) is 0 Å². The van der Waals surface area contributed by atoms with E-state index < -0.39 is 70.6 Å². The SMILES string of the molecule is C=C/C=C(\C)C(C[C@@H]1O[C@@]1(C)C(=O)N(C)[C@H](C(=O)NC(Cc1cc(Cl)c(O)c(Cl)c1)C(=O)NC(C)(C(=O)OC(CC=C)c1ccccc1)C(C)(C)O)[C@@H](C)CC)OC. The molecule has 3 rings (SSSR count). The lowest BCUT2D eigenvalue weighted by molar-refractivity contribution is -0.169. The average molecular weight is 845 g/mol. The number of phenolic OH excluding ortho intramolecular Hbond substituents is 1. The molecule has 3 amide bonds. The molecular formula is C44H59Cl2N3O9. The molecule has 1 aliphatic rings. The molecule has 4 N–H and O–H groups in total. The monoisotopic (exact) mass is 843 g/mol. The van der Waals surface area contributed by atoms with E-state index in [2.05, 4.69) is 23.8 Å². The van der Waals surface area contributed by atoms with Crippen LogP contribution in [0.25, 0.3) is 0 Å². The molecular weight excluding hydrogens is 785 g/mol. The van der Waals surface area contributed by atoms with Crippen molar-refractivity contribution in [1.82, 2.24) is 15.5 Å². The van der Waals surface area contributed by atoms with Crippen LogP contribution in [0, 0.1) is 5.92 Å². The molecule has 0 aliphatic carbocycles. The molecule has 0 radical (unpaired) electrons. The summed E-state index contributed by atoms with van der Waals surface area (Å²) in [4.78, 5) is 58.5. The fourth-order valence-corrected chi connectivity index (χ4v) is 7.27. The zero-order valence-corrected chi connectivity index (χ0v) is 36.4. The van der Waals surface area contributed by atoms with Crippen LogP contribution >= 0.6 is 23.2 Å². The fraction of sp³-hybridized carbons (Fsp3) is 0.500. The Kier molecular flexibility index (Phi) is 16.8. The van der Waals surface area contributed by atoms with Crippen molar-refractivity contribution < 1.29 is 43.6 Å². The smallest absolute Gasteiger partial charge is 0.335 e. The number of carbonyl (C=O) groups excluding carboxylic acids is 4. The first kappa shape index (κ1) is 48.2. The van der Waals surface area contributed by atoms with Gasteiger partial charge in [-0.15, -0.1) is 6.58 Å². The van der Waals surface area contributed by atoms with Gasteiger partial charge in [-0.25, -0.2) is 4.79 Å². The highest BCUT2D eigenvalue weighted by atomic mass is 35.5. The Morgan fingerprint density at radius 1 is 1.09 bits per heavy atom. The largest absolute Gasteiger partial charge is 0.505 e. The number of phenols is 1. The summed E-state index contributed by atoms with van der Waals surface area (Å²) in [6.07, 6.45) is 4.39. The van der Waals surface area contributed by atoms with Gasteiger partial charge in [0.2, 0.25) is 11.8 Å². The van der Waals surface area contributed by atoms with E-state index in [4.69, 9.17) is 37.4 Å². The number of benzene rings is 2. The van der Waals surface area contributed by atoms with E-state index in [0.29, 0.717) is 24.0 Å². The number of aromatic hydroxyl groups is 1. The highest BCUT2D eigenvalue weighted by Crippen LogP contribution is 2.42. The third-order valence-electron chi connectivity index (χ3n) is 11.1. The van der Waals surface area contributed by atoms with Crippen LogP contribution < -0.4 is 10.6 Å². The fourth-order valence-electron chi connectivity index (χ4n) is 6.74. The van der Waals surface area contributed by atoms with Crippen molar-refractivity contribution in [1.29, 1.82) is 0 Å². The number of ether oxygens (including phenoxy) is 3. The number of methoxy groups -OCH3 is 1. The molecule has 1 heterocycles. The number of carbonyl (C=O) groups is 4. The summed E-state index contributed by atoms with van der Waals surface area (Å²) in [5.41, 5.74) is -3.23. The predicted molar refractivity (Wildman–Crippen MR) is 225 cm³/mol. The number of nitrogens with zero attached hydrogens (tertiary/aromatic N) is 1. The Hall–Kier alpha value is -4.20. The van der Waals surface area contributed by atoms with Gasteiger partial charge >= 0.3 is 5.97 Å². The lowest BCUT2D eigenvalue weighted by Crippen LogP contribution is -2.68. The quantitative estimate of drug-likeness (QED) is 0.0458. The van der Waals surface area contributed by atoms with E-state index in [0.717, 1.165) is 5.57 Å². The van der Waals surface area contributed by atoms with Gasteiger partial charge in [-0.3, -0.25) is 14.4 Å². The third kappa shape index (κ3) is 11.3. The first-order valence-electron chi connectivity index (χ1n) is 19.3. The van der Waals surface area contributed by atoms with Crippen LogP contribution in [0.4, 0.5) is 0 Å². The second-order valence-corrected chi connectivity index (χ2v) is 16.6. The number of rotatable bonds is 21. The Balaban J connectivity index is 1.99. The molecule has 8 atom stereocenters. The molecule has 0 aromatic heterocycles. The van der Waals surface area contributed by atoms with Gasteiger partial charge in [0.1, 0.15) is 18.2 Å². The summed E-state index contributed by atoms with van der Waals surface area (Å²) < 4.78 is 17.5. The Bertz CT molecular complexity index is 1830. The molecule has 14 heteroatoms. The summed E-state index contributed by atoms with van der Waals surface area (Å²) in [5, 5.41) is 27.0. The minimum absolute atomic E-state index is 0.0898. The second kappa shape index (κ2) is 20.2. The molecule has 1 fully saturated rings. The van der Waals surface area contributed by atoms with Crippen molar-refractivity contribution in [2.45, 2.75) is 121 Å². The number of aliphatic hydroxyl groups is 1. The standard InChI is InChI=1S/C44H59Cl2N3O9/c1-12-18-27(5)34(56-11)25-35-43(8,58-35)40(53)49(10)36(26(4)14-3)39(52)47-32(24-28-22-30(45)37(50)31(46)23-28)38(51)48-44(9,42(6,7)55)41(54)57-33(19-13-2)29-20-16-15-17-21-29/h12-13,15-18,20-23,26,32-36,50,55H,1-2,14,19,24-25H2,3-11H3,(H,47,52)(H,48,51)/b27-18+/t26-,32?,33?,34?,35-,36-,43+,44?/m0/s1. The predicted octanol–water partition coefficient (Wildman–Crippen LogP) is 6.80. The van der Waals surface area contributed by atoms with E-state index in [-0.39, 0.29) is 34.7 Å². The van der Waals surface area contributed by atoms with Gasteiger partial charge in [-0.2, -0.15) is 0 Å². The van der Waals surface area contributed by atoms with Gasteiger partial charge in [0, 0.05) is 33.4 Å². The summed E-state index contributed by atoms with van der Waals surface area (Å²) >= 11 is 12.5. The molecule has 0 bridgehead atoms.